The molecule has 14 heavy (non-hydrogen) atoms. The Morgan fingerprint density at radius 3 is 3.14 bits per heavy atom. The number of pyridine rings is 1. The third-order valence-electron chi connectivity index (χ3n) is 2.79. The fourth-order valence-corrected chi connectivity index (χ4v) is 1.82. The van der Waals surface area contributed by atoms with Crippen molar-refractivity contribution in [3.05, 3.63) is 35.8 Å². The maximum absolute atomic E-state index is 5.44. The molecule has 0 amide bonds. The molecule has 0 saturated carbocycles. The second kappa shape index (κ2) is 2.82. The van der Waals surface area contributed by atoms with Gasteiger partial charge in [0.1, 0.15) is 5.65 Å². The van der Waals surface area contributed by atoms with E-state index in [2.05, 4.69) is 34.6 Å². The lowest BCUT2D eigenvalue weighted by Crippen LogP contribution is -2.18. The van der Waals surface area contributed by atoms with E-state index in [0.29, 0.717) is 6.10 Å². The maximum atomic E-state index is 5.44. The number of aromatic nitrogens is 2. The molecule has 0 N–H and O–H groups in total. The molecule has 3 heterocycles. The fourth-order valence-electron chi connectivity index (χ4n) is 1.82. The van der Waals surface area contributed by atoms with Crippen LogP contribution in [-0.2, 0) is 4.74 Å². The van der Waals surface area contributed by atoms with Gasteiger partial charge in [0.05, 0.1) is 12.7 Å². The highest BCUT2D eigenvalue weighted by Gasteiger charge is 2.20. The third-order valence-corrected chi connectivity index (χ3v) is 2.79. The zero-order chi connectivity index (χ0) is 9.54. The Morgan fingerprint density at radius 2 is 2.43 bits per heavy atom. The van der Waals surface area contributed by atoms with Crippen LogP contribution in [0.3, 0.4) is 0 Å². The first kappa shape index (κ1) is 8.00. The van der Waals surface area contributed by atoms with E-state index in [1.54, 1.807) is 0 Å². The first-order valence-corrected chi connectivity index (χ1v) is 4.90. The average Bonchev–Trinajstić information content (AvgIpc) is 2.45. The van der Waals surface area contributed by atoms with Crippen LogP contribution in [0.4, 0.5) is 0 Å². The van der Waals surface area contributed by atoms with Crippen LogP contribution in [0.1, 0.15) is 23.8 Å². The van der Waals surface area contributed by atoms with Crippen LogP contribution in [0.25, 0.3) is 5.65 Å². The van der Waals surface area contributed by atoms with Gasteiger partial charge in [0.25, 0.3) is 0 Å². The van der Waals surface area contributed by atoms with Crippen LogP contribution in [-0.4, -0.2) is 16.0 Å². The van der Waals surface area contributed by atoms with E-state index in [1.165, 1.54) is 11.3 Å². The zero-order valence-corrected chi connectivity index (χ0v) is 8.10. The number of nitrogens with zero attached hydrogens (tertiary/aromatic N) is 2. The van der Waals surface area contributed by atoms with Crippen LogP contribution in [0, 0.1) is 6.92 Å². The molecule has 3 rings (SSSR count). The summed E-state index contributed by atoms with van der Waals surface area (Å²) in [4.78, 5) is 4.33. The molecule has 1 aliphatic rings. The van der Waals surface area contributed by atoms with Crippen molar-refractivity contribution in [1.82, 2.24) is 9.38 Å². The molecule has 3 nitrogen and oxygen atoms in total. The Hall–Kier alpha value is -1.35. The summed E-state index contributed by atoms with van der Waals surface area (Å²) in [7, 11) is 0. The number of hydrogen-bond donors (Lipinski definition) is 0. The minimum Gasteiger partial charge on any atom is -0.373 e. The fraction of sp³-hybridized carbons (Fsp3) is 0.364. The first-order valence-electron chi connectivity index (χ1n) is 4.90. The number of rotatable bonds is 1. The van der Waals surface area contributed by atoms with Gasteiger partial charge >= 0.3 is 0 Å². The van der Waals surface area contributed by atoms with E-state index in [0.717, 1.165) is 18.7 Å². The summed E-state index contributed by atoms with van der Waals surface area (Å²) in [6.07, 6.45) is 5.39. The molecule has 3 heteroatoms. The van der Waals surface area contributed by atoms with Crippen LogP contribution in [0.2, 0.25) is 0 Å². The second-order valence-corrected chi connectivity index (χ2v) is 3.74. The van der Waals surface area contributed by atoms with E-state index in [4.69, 9.17) is 4.74 Å². The first-order chi connectivity index (χ1) is 6.84. The highest BCUT2D eigenvalue weighted by Crippen LogP contribution is 2.29. The van der Waals surface area contributed by atoms with Gasteiger partial charge in [-0.2, -0.15) is 0 Å². The zero-order valence-electron chi connectivity index (χ0n) is 8.10. The van der Waals surface area contributed by atoms with Gasteiger partial charge in [-0.05, 0) is 24.6 Å². The maximum Gasteiger partial charge on any atom is 0.137 e. The molecule has 1 aliphatic heterocycles. The van der Waals surface area contributed by atoms with Gasteiger partial charge < -0.3 is 9.14 Å². The minimum absolute atomic E-state index is 0.303. The van der Waals surface area contributed by atoms with Gasteiger partial charge in [-0.25, -0.2) is 4.98 Å². The predicted octanol–water partition coefficient (Wildman–Crippen LogP) is 2.10. The van der Waals surface area contributed by atoms with Crippen molar-refractivity contribution in [3.8, 4) is 0 Å². The predicted molar refractivity (Wildman–Crippen MR) is 53.2 cm³/mol. The number of aryl methyl sites for hydroxylation is 1. The monoisotopic (exact) mass is 188 g/mol. The number of imidazole rings is 1. The van der Waals surface area contributed by atoms with Crippen molar-refractivity contribution < 1.29 is 4.74 Å². The molecule has 1 atom stereocenters. The van der Waals surface area contributed by atoms with E-state index in [-0.39, 0.29) is 0 Å². The van der Waals surface area contributed by atoms with Gasteiger partial charge in [-0.15, -0.1) is 0 Å². The standard InChI is InChI=1S/C11H12N2O/c1-8-7-12-11-6-9(2-4-13(8)11)10-3-5-14-10/h2,4,6-7,10H,3,5H2,1H3. The van der Waals surface area contributed by atoms with E-state index >= 15 is 0 Å². The van der Waals surface area contributed by atoms with Gasteiger partial charge in [-0.1, -0.05) is 0 Å². The van der Waals surface area contributed by atoms with Gasteiger partial charge in [-0.3, -0.25) is 0 Å². The summed E-state index contributed by atoms with van der Waals surface area (Å²) in [6, 6.07) is 4.22. The van der Waals surface area contributed by atoms with Crippen LogP contribution < -0.4 is 0 Å². The van der Waals surface area contributed by atoms with Crippen LogP contribution in [0.15, 0.2) is 24.5 Å². The van der Waals surface area contributed by atoms with Gasteiger partial charge in [0.15, 0.2) is 0 Å². The Morgan fingerprint density at radius 1 is 1.57 bits per heavy atom. The molecule has 0 aromatic carbocycles. The van der Waals surface area contributed by atoms with Crippen molar-refractivity contribution in [2.45, 2.75) is 19.4 Å². The number of hydrogen-bond acceptors (Lipinski definition) is 2. The van der Waals surface area contributed by atoms with E-state index in [1.807, 2.05) is 6.20 Å². The van der Waals surface area contributed by atoms with Crippen LogP contribution >= 0.6 is 0 Å². The highest BCUT2D eigenvalue weighted by atomic mass is 16.5. The molecule has 0 aliphatic carbocycles. The molecule has 0 spiro atoms. The molecule has 72 valence electrons. The Kier molecular flexibility index (Phi) is 1.61. The Labute approximate surface area is 82.3 Å². The van der Waals surface area contributed by atoms with E-state index < -0.39 is 0 Å². The summed E-state index contributed by atoms with van der Waals surface area (Å²) in [5, 5.41) is 0. The molecular weight excluding hydrogens is 176 g/mol. The van der Waals surface area contributed by atoms with Crippen molar-refractivity contribution in [1.29, 1.82) is 0 Å². The minimum atomic E-state index is 0.303. The third kappa shape index (κ3) is 1.06. The molecule has 0 radical (unpaired) electrons. The number of fused-ring (bicyclic) bond motifs is 1. The molecule has 1 saturated heterocycles. The molecule has 1 fully saturated rings. The van der Waals surface area contributed by atoms with Crippen molar-refractivity contribution in [2.75, 3.05) is 6.61 Å². The summed E-state index contributed by atoms with van der Waals surface area (Å²) >= 11 is 0. The quantitative estimate of drug-likeness (QED) is 0.685. The lowest BCUT2D eigenvalue weighted by molar-refractivity contribution is -0.0527. The SMILES string of the molecule is Cc1cnc2cc(C3CCO3)ccn12. The highest BCUT2D eigenvalue weighted by molar-refractivity contribution is 5.43. The Bertz CT molecular complexity index is 471. The lowest BCUT2D eigenvalue weighted by atomic mass is 10.1. The summed E-state index contributed by atoms with van der Waals surface area (Å²) < 4.78 is 7.52. The van der Waals surface area contributed by atoms with Crippen molar-refractivity contribution in [2.24, 2.45) is 0 Å². The number of ether oxygens (including phenoxy) is 1. The summed E-state index contributed by atoms with van der Waals surface area (Å²) in [5.74, 6) is 0. The normalized spacial score (nSPS) is 21.1. The van der Waals surface area contributed by atoms with Crippen LogP contribution in [0.5, 0.6) is 0 Å². The Balaban J connectivity index is 2.10. The lowest BCUT2D eigenvalue weighted by Gasteiger charge is -2.26. The van der Waals surface area contributed by atoms with Gasteiger partial charge in [0, 0.05) is 24.5 Å². The average molecular weight is 188 g/mol. The van der Waals surface area contributed by atoms with Crippen molar-refractivity contribution >= 4 is 5.65 Å². The molecule has 2 aromatic heterocycles. The van der Waals surface area contributed by atoms with Crippen molar-refractivity contribution in [3.63, 3.8) is 0 Å². The molecule has 0 bridgehead atoms. The molecular formula is C11H12N2O. The largest absolute Gasteiger partial charge is 0.373 e. The van der Waals surface area contributed by atoms with Gasteiger partial charge in [0.2, 0.25) is 0 Å². The second-order valence-electron chi connectivity index (χ2n) is 3.74. The molecule has 2 aromatic rings. The smallest absolute Gasteiger partial charge is 0.137 e. The topological polar surface area (TPSA) is 26.5 Å². The van der Waals surface area contributed by atoms with E-state index in [9.17, 15) is 0 Å². The molecule has 1 unspecified atom stereocenters. The summed E-state index contributed by atoms with van der Waals surface area (Å²) in [5.41, 5.74) is 3.42. The summed E-state index contributed by atoms with van der Waals surface area (Å²) in [6.45, 7) is 2.95.